The number of hydrogen-bond donors (Lipinski definition) is 0. The zero-order valence-corrected chi connectivity index (χ0v) is 14.0. The van der Waals surface area contributed by atoms with Crippen LogP contribution in [0.2, 0.25) is 5.02 Å². The van der Waals surface area contributed by atoms with Gasteiger partial charge in [0.2, 0.25) is 0 Å². The van der Waals surface area contributed by atoms with Crippen LogP contribution in [0.1, 0.15) is 63.4 Å². The van der Waals surface area contributed by atoms with Gasteiger partial charge in [-0.2, -0.15) is 0 Å². The molecule has 0 unspecified atom stereocenters. The lowest BCUT2D eigenvalue weighted by Crippen LogP contribution is -1.97. The fourth-order valence-electron chi connectivity index (χ4n) is 2.37. The molecule has 1 aromatic carbocycles. The molecule has 0 atom stereocenters. The zero-order chi connectivity index (χ0) is 15.2. The molecular formula is C19H30ClO. The highest BCUT2D eigenvalue weighted by molar-refractivity contribution is 6.30. The number of aryl methyl sites for hydroxylation is 1. The van der Waals surface area contributed by atoms with Crippen LogP contribution in [-0.2, 0) is 11.2 Å². The molecule has 0 aliphatic rings. The SMILES string of the molecule is [CH2]CCCCCOCCCCCCCc1ccc(Cl)cc1. The Bertz CT molecular complexity index is 334. The molecule has 2 heteroatoms. The van der Waals surface area contributed by atoms with Crippen LogP contribution < -0.4 is 0 Å². The van der Waals surface area contributed by atoms with E-state index < -0.39 is 0 Å². The average Bonchev–Trinajstić information content (AvgIpc) is 2.50. The molecule has 0 aromatic heterocycles. The van der Waals surface area contributed by atoms with Gasteiger partial charge in [-0.1, -0.05) is 69.2 Å². The van der Waals surface area contributed by atoms with Crippen LogP contribution >= 0.6 is 11.6 Å². The lowest BCUT2D eigenvalue weighted by molar-refractivity contribution is 0.126. The first-order valence-electron chi connectivity index (χ1n) is 8.44. The maximum atomic E-state index is 5.88. The summed E-state index contributed by atoms with van der Waals surface area (Å²) in [6, 6.07) is 8.21. The average molecular weight is 310 g/mol. The molecule has 0 fully saturated rings. The highest BCUT2D eigenvalue weighted by atomic mass is 35.5. The van der Waals surface area contributed by atoms with Gasteiger partial charge in [0.1, 0.15) is 0 Å². The first-order valence-corrected chi connectivity index (χ1v) is 8.82. The van der Waals surface area contributed by atoms with Crippen molar-refractivity contribution in [1.82, 2.24) is 0 Å². The van der Waals surface area contributed by atoms with E-state index in [-0.39, 0.29) is 0 Å². The molecule has 119 valence electrons. The van der Waals surface area contributed by atoms with Crippen molar-refractivity contribution >= 4 is 11.6 Å². The van der Waals surface area contributed by atoms with Crippen molar-refractivity contribution in [2.75, 3.05) is 13.2 Å². The zero-order valence-electron chi connectivity index (χ0n) is 13.3. The highest BCUT2D eigenvalue weighted by Crippen LogP contribution is 2.13. The first kappa shape index (κ1) is 18.5. The van der Waals surface area contributed by atoms with Crippen molar-refractivity contribution < 1.29 is 4.74 Å². The lowest BCUT2D eigenvalue weighted by atomic mass is 10.1. The fraction of sp³-hybridized carbons (Fsp3) is 0.632. The van der Waals surface area contributed by atoms with Crippen molar-refractivity contribution in [3.63, 3.8) is 0 Å². The van der Waals surface area contributed by atoms with Crippen molar-refractivity contribution in [3.8, 4) is 0 Å². The minimum atomic E-state index is 0.824. The quantitative estimate of drug-likeness (QED) is 0.392. The fourth-order valence-corrected chi connectivity index (χ4v) is 2.50. The minimum Gasteiger partial charge on any atom is -0.381 e. The lowest BCUT2D eigenvalue weighted by Gasteiger charge is -2.05. The Labute approximate surface area is 136 Å². The Morgan fingerprint density at radius 3 is 2.00 bits per heavy atom. The number of hydrogen-bond acceptors (Lipinski definition) is 1. The molecule has 0 spiro atoms. The molecule has 0 aliphatic heterocycles. The van der Waals surface area contributed by atoms with Crippen LogP contribution in [0.5, 0.6) is 0 Å². The van der Waals surface area contributed by atoms with E-state index in [0.717, 1.165) is 24.7 Å². The molecule has 0 bridgehead atoms. The second-order valence-electron chi connectivity index (χ2n) is 5.67. The summed E-state index contributed by atoms with van der Waals surface area (Å²) in [7, 11) is 0. The standard InChI is InChI=1S/C19H30ClO/c1-2-3-4-9-16-21-17-10-7-5-6-8-11-18-12-14-19(20)15-13-18/h12-15H,1-11,16-17H2. The summed E-state index contributed by atoms with van der Waals surface area (Å²) in [4.78, 5) is 0. The van der Waals surface area contributed by atoms with E-state index in [4.69, 9.17) is 16.3 Å². The van der Waals surface area contributed by atoms with Crippen LogP contribution in [0.3, 0.4) is 0 Å². The van der Waals surface area contributed by atoms with E-state index in [1.54, 1.807) is 0 Å². The Balaban J connectivity index is 1.81. The van der Waals surface area contributed by atoms with Crippen molar-refractivity contribution in [2.45, 2.75) is 64.2 Å². The van der Waals surface area contributed by atoms with E-state index in [0.29, 0.717) is 0 Å². The predicted molar refractivity (Wildman–Crippen MR) is 92.9 cm³/mol. The Morgan fingerprint density at radius 1 is 0.762 bits per heavy atom. The normalized spacial score (nSPS) is 11.0. The molecule has 0 saturated heterocycles. The molecule has 1 radical (unpaired) electrons. The summed E-state index contributed by atoms with van der Waals surface area (Å²) in [6.45, 7) is 5.70. The summed E-state index contributed by atoms with van der Waals surface area (Å²) in [5.41, 5.74) is 1.39. The van der Waals surface area contributed by atoms with Gasteiger partial charge in [0.25, 0.3) is 0 Å². The molecule has 0 amide bonds. The Hall–Kier alpha value is -0.530. The Morgan fingerprint density at radius 2 is 1.33 bits per heavy atom. The third-order valence-electron chi connectivity index (χ3n) is 3.71. The number of halogens is 1. The van der Waals surface area contributed by atoms with Gasteiger partial charge in [-0.15, -0.1) is 0 Å². The molecule has 1 aromatic rings. The molecule has 1 nitrogen and oxygen atoms in total. The predicted octanol–water partition coefficient (Wildman–Crippen LogP) is 6.24. The van der Waals surface area contributed by atoms with E-state index >= 15 is 0 Å². The number of unbranched alkanes of at least 4 members (excludes halogenated alkanes) is 7. The molecular weight excluding hydrogens is 280 g/mol. The van der Waals surface area contributed by atoms with Crippen LogP contribution in [0.25, 0.3) is 0 Å². The molecule has 1 rings (SSSR count). The first-order chi connectivity index (χ1) is 10.3. The van der Waals surface area contributed by atoms with Gasteiger partial charge in [-0.05, 0) is 43.4 Å². The second kappa shape index (κ2) is 13.2. The number of benzene rings is 1. The summed E-state index contributed by atoms with van der Waals surface area (Å²) in [5, 5.41) is 0.824. The van der Waals surface area contributed by atoms with Gasteiger partial charge in [-0.25, -0.2) is 0 Å². The summed E-state index contributed by atoms with van der Waals surface area (Å²) >= 11 is 5.88. The van der Waals surface area contributed by atoms with Crippen molar-refractivity contribution in [2.24, 2.45) is 0 Å². The maximum Gasteiger partial charge on any atom is 0.0466 e. The smallest absolute Gasteiger partial charge is 0.0466 e. The monoisotopic (exact) mass is 309 g/mol. The second-order valence-corrected chi connectivity index (χ2v) is 6.11. The summed E-state index contributed by atoms with van der Waals surface area (Å²) in [6.07, 6.45) is 12.3. The summed E-state index contributed by atoms with van der Waals surface area (Å²) in [5.74, 6) is 0. The van der Waals surface area contributed by atoms with Gasteiger partial charge >= 0.3 is 0 Å². The topological polar surface area (TPSA) is 9.23 Å². The van der Waals surface area contributed by atoms with Crippen molar-refractivity contribution in [1.29, 1.82) is 0 Å². The molecule has 0 heterocycles. The molecule has 21 heavy (non-hydrogen) atoms. The summed E-state index contributed by atoms with van der Waals surface area (Å²) < 4.78 is 5.63. The van der Waals surface area contributed by atoms with Crippen molar-refractivity contribution in [3.05, 3.63) is 41.8 Å². The van der Waals surface area contributed by atoms with E-state index in [1.165, 1.54) is 63.4 Å². The van der Waals surface area contributed by atoms with Crippen LogP contribution in [0.4, 0.5) is 0 Å². The third-order valence-corrected chi connectivity index (χ3v) is 3.96. The number of rotatable bonds is 13. The van der Waals surface area contributed by atoms with E-state index in [9.17, 15) is 0 Å². The van der Waals surface area contributed by atoms with Gasteiger partial charge in [0.05, 0.1) is 0 Å². The molecule has 0 N–H and O–H groups in total. The van der Waals surface area contributed by atoms with E-state index in [1.807, 2.05) is 12.1 Å². The number of ether oxygens (including phenoxy) is 1. The van der Waals surface area contributed by atoms with E-state index in [2.05, 4.69) is 19.1 Å². The molecule has 0 saturated carbocycles. The molecule has 0 aliphatic carbocycles. The van der Waals surface area contributed by atoms with Crippen LogP contribution in [0.15, 0.2) is 24.3 Å². The van der Waals surface area contributed by atoms with Gasteiger partial charge in [0.15, 0.2) is 0 Å². The Kier molecular flexibility index (Phi) is 11.6. The van der Waals surface area contributed by atoms with Gasteiger partial charge in [-0.3, -0.25) is 0 Å². The highest BCUT2D eigenvalue weighted by Gasteiger charge is 1.95. The van der Waals surface area contributed by atoms with Gasteiger partial charge < -0.3 is 4.74 Å². The van der Waals surface area contributed by atoms with Gasteiger partial charge in [0, 0.05) is 18.2 Å². The third kappa shape index (κ3) is 10.8. The van der Waals surface area contributed by atoms with Crippen LogP contribution in [-0.4, -0.2) is 13.2 Å². The largest absolute Gasteiger partial charge is 0.381 e. The van der Waals surface area contributed by atoms with Crippen LogP contribution in [0, 0.1) is 6.92 Å². The maximum absolute atomic E-state index is 5.88. The minimum absolute atomic E-state index is 0.824.